The first-order valence-electron chi connectivity index (χ1n) is 4.16. The van der Waals surface area contributed by atoms with E-state index in [1.54, 1.807) is 6.07 Å². The van der Waals surface area contributed by atoms with Gasteiger partial charge in [-0.15, -0.1) is 0 Å². The average Bonchev–Trinajstić information content (AvgIpc) is 2.15. The third-order valence-electron chi connectivity index (χ3n) is 1.54. The van der Waals surface area contributed by atoms with Crippen LogP contribution in [0.25, 0.3) is 0 Å². The third-order valence-corrected chi connectivity index (χ3v) is 1.54. The monoisotopic (exact) mass is 165 g/mol. The van der Waals surface area contributed by atoms with E-state index >= 15 is 0 Å². The maximum atomic E-state index is 10.5. The molecule has 0 fully saturated rings. The summed E-state index contributed by atoms with van der Waals surface area (Å²) in [5, 5.41) is 10.5. The fourth-order valence-corrected chi connectivity index (χ4v) is 0.945. The zero-order valence-corrected chi connectivity index (χ0v) is 7.25. The van der Waals surface area contributed by atoms with E-state index in [0.717, 1.165) is 17.7 Å². The molecule has 0 aliphatic heterocycles. The molecule has 65 valence electrons. The summed E-state index contributed by atoms with van der Waals surface area (Å²) in [7, 11) is 0. The highest BCUT2D eigenvalue weighted by molar-refractivity contribution is 5.27. The minimum Gasteiger partial charge on any atom is -0.494 e. The van der Waals surface area contributed by atoms with Gasteiger partial charge >= 0.3 is 0 Å². The fraction of sp³-hybridized carbons (Fsp3) is 0.400. The lowest BCUT2D eigenvalue weighted by Gasteiger charge is -2.04. The third kappa shape index (κ3) is 2.55. The van der Waals surface area contributed by atoms with Crippen LogP contribution in [0.5, 0.6) is 5.75 Å². The molecule has 0 aliphatic carbocycles. The Hall–Kier alpha value is -1.02. The lowest BCUT2D eigenvalue weighted by atomic mass is 10.2. The van der Waals surface area contributed by atoms with Gasteiger partial charge in [0.05, 0.1) is 6.61 Å². The van der Waals surface area contributed by atoms with Crippen LogP contribution >= 0.6 is 0 Å². The highest BCUT2D eigenvalue weighted by Gasteiger charge is 1.94. The molecular formula is C10H13O2. The van der Waals surface area contributed by atoms with Crippen molar-refractivity contribution in [1.29, 1.82) is 0 Å². The van der Waals surface area contributed by atoms with E-state index in [1.807, 2.05) is 18.2 Å². The summed E-state index contributed by atoms with van der Waals surface area (Å²) in [6, 6.07) is 7.32. The molecule has 1 aromatic rings. The van der Waals surface area contributed by atoms with Crippen LogP contribution in [0.15, 0.2) is 24.3 Å². The van der Waals surface area contributed by atoms with Crippen LogP contribution in [0, 0.1) is 0 Å². The summed E-state index contributed by atoms with van der Waals surface area (Å²) in [6.45, 7) is 2.59. The first-order chi connectivity index (χ1) is 5.86. The summed E-state index contributed by atoms with van der Waals surface area (Å²) >= 11 is 0. The van der Waals surface area contributed by atoms with Gasteiger partial charge in [-0.2, -0.15) is 0 Å². The second-order valence-corrected chi connectivity index (χ2v) is 2.64. The van der Waals surface area contributed by atoms with Gasteiger partial charge in [-0.25, -0.2) is 5.11 Å². The van der Waals surface area contributed by atoms with Gasteiger partial charge in [-0.1, -0.05) is 19.1 Å². The van der Waals surface area contributed by atoms with Crippen LogP contribution in [-0.4, -0.2) is 6.61 Å². The first kappa shape index (κ1) is 9.07. The molecule has 0 aromatic heterocycles. The molecule has 0 heterocycles. The number of rotatable bonds is 4. The Morgan fingerprint density at radius 3 is 2.92 bits per heavy atom. The quantitative estimate of drug-likeness (QED) is 0.673. The van der Waals surface area contributed by atoms with E-state index in [4.69, 9.17) is 4.74 Å². The van der Waals surface area contributed by atoms with Crippen LogP contribution < -0.4 is 4.74 Å². The lowest BCUT2D eigenvalue weighted by molar-refractivity contribution is 0.177. The van der Waals surface area contributed by atoms with Crippen molar-refractivity contribution in [3.8, 4) is 5.75 Å². The van der Waals surface area contributed by atoms with E-state index < -0.39 is 0 Å². The Morgan fingerprint density at radius 2 is 2.25 bits per heavy atom. The molecule has 12 heavy (non-hydrogen) atoms. The molecule has 2 heteroatoms. The molecule has 1 radical (unpaired) electrons. The van der Waals surface area contributed by atoms with Crippen LogP contribution in [0.1, 0.15) is 18.9 Å². The Balaban J connectivity index is 2.60. The predicted octanol–water partition coefficient (Wildman–Crippen LogP) is 2.41. The molecule has 0 bridgehead atoms. The Kier molecular flexibility index (Phi) is 3.61. The zero-order valence-electron chi connectivity index (χ0n) is 7.25. The highest BCUT2D eigenvalue weighted by Crippen LogP contribution is 2.13. The SMILES string of the molecule is CCCOc1cccc(C[O])c1. The Morgan fingerprint density at radius 1 is 1.42 bits per heavy atom. The predicted molar refractivity (Wildman–Crippen MR) is 46.6 cm³/mol. The molecule has 0 amide bonds. The minimum absolute atomic E-state index is 0.177. The van der Waals surface area contributed by atoms with Gasteiger partial charge in [-0.05, 0) is 24.1 Å². The van der Waals surface area contributed by atoms with Crippen LogP contribution in [0.4, 0.5) is 0 Å². The molecule has 0 unspecified atom stereocenters. The maximum absolute atomic E-state index is 10.5. The van der Waals surface area contributed by atoms with Crippen molar-refractivity contribution in [3.05, 3.63) is 29.8 Å². The van der Waals surface area contributed by atoms with Crippen molar-refractivity contribution in [1.82, 2.24) is 0 Å². The minimum atomic E-state index is -0.177. The highest BCUT2D eigenvalue weighted by atomic mass is 16.5. The van der Waals surface area contributed by atoms with Gasteiger partial charge < -0.3 is 4.74 Å². The maximum Gasteiger partial charge on any atom is 0.119 e. The normalized spacial score (nSPS) is 9.83. The molecule has 0 saturated carbocycles. The van der Waals surface area contributed by atoms with Crippen molar-refractivity contribution in [2.45, 2.75) is 20.0 Å². The molecular weight excluding hydrogens is 152 g/mol. The van der Waals surface area contributed by atoms with Crippen molar-refractivity contribution in [3.63, 3.8) is 0 Å². The standard InChI is InChI=1S/C10H13O2/c1-2-6-12-10-5-3-4-9(7-10)8-11/h3-5,7H,2,6,8H2,1H3. The van der Waals surface area contributed by atoms with E-state index in [9.17, 15) is 5.11 Å². The van der Waals surface area contributed by atoms with Crippen molar-refractivity contribution < 1.29 is 9.84 Å². The smallest absolute Gasteiger partial charge is 0.119 e. The largest absolute Gasteiger partial charge is 0.494 e. The van der Waals surface area contributed by atoms with Crippen LogP contribution in [0.3, 0.4) is 0 Å². The van der Waals surface area contributed by atoms with E-state index in [1.165, 1.54) is 0 Å². The molecule has 1 rings (SSSR count). The second kappa shape index (κ2) is 4.78. The van der Waals surface area contributed by atoms with Gasteiger partial charge in [0, 0.05) is 0 Å². The summed E-state index contributed by atoms with van der Waals surface area (Å²) < 4.78 is 5.36. The first-order valence-corrected chi connectivity index (χ1v) is 4.16. The van der Waals surface area contributed by atoms with Crippen molar-refractivity contribution >= 4 is 0 Å². The van der Waals surface area contributed by atoms with Crippen molar-refractivity contribution in [2.75, 3.05) is 6.61 Å². The zero-order chi connectivity index (χ0) is 8.81. The summed E-state index contributed by atoms with van der Waals surface area (Å²) in [6.07, 6.45) is 0.988. The molecule has 0 spiro atoms. The van der Waals surface area contributed by atoms with Crippen LogP contribution in [0.2, 0.25) is 0 Å². The molecule has 0 aliphatic rings. The van der Waals surface area contributed by atoms with Crippen molar-refractivity contribution in [2.24, 2.45) is 0 Å². The summed E-state index contributed by atoms with van der Waals surface area (Å²) in [5.74, 6) is 0.796. The number of hydrogen-bond acceptors (Lipinski definition) is 1. The van der Waals surface area contributed by atoms with Gasteiger partial charge in [0.15, 0.2) is 0 Å². The van der Waals surface area contributed by atoms with E-state index in [-0.39, 0.29) is 6.61 Å². The molecule has 1 aromatic carbocycles. The number of hydrogen-bond donors (Lipinski definition) is 0. The van der Waals surface area contributed by atoms with E-state index in [2.05, 4.69) is 6.92 Å². The van der Waals surface area contributed by atoms with E-state index in [0.29, 0.717) is 6.61 Å². The summed E-state index contributed by atoms with van der Waals surface area (Å²) in [5.41, 5.74) is 0.781. The van der Waals surface area contributed by atoms with Crippen LogP contribution in [-0.2, 0) is 11.7 Å². The fourth-order valence-electron chi connectivity index (χ4n) is 0.945. The van der Waals surface area contributed by atoms with Gasteiger partial charge in [-0.3, -0.25) is 0 Å². The van der Waals surface area contributed by atoms with Gasteiger partial charge in [0.1, 0.15) is 12.4 Å². The average molecular weight is 165 g/mol. The van der Waals surface area contributed by atoms with Gasteiger partial charge in [0.25, 0.3) is 0 Å². The van der Waals surface area contributed by atoms with Gasteiger partial charge in [0.2, 0.25) is 0 Å². The number of ether oxygens (including phenoxy) is 1. The molecule has 0 atom stereocenters. The lowest BCUT2D eigenvalue weighted by Crippen LogP contribution is -1.95. The summed E-state index contributed by atoms with van der Waals surface area (Å²) in [4.78, 5) is 0. The molecule has 0 saturated heterocycles. The number of benzene rings is 1. The molecule has 2 nitrogen and oxygen atoms in total. The second-order valence-electron chi connectivity index (χ2n) is 2.64. The Labute approximate surface area is 72.8 Å². The topological polar surface area (TPSA) is 29.1 Å². The molecule has 0 N–H and O–H groups in total. The Bertz CT molecular complexity index is 233.